The van der Waals surface area contributed by atoms with Gasteiger partial charge in [-0.15, -0.1) is 0 Å². The van der Waals surface area contributed by atoms with Gasteiger partial charge in [-0.2, -0.15) is 0 Å². The van der Waals surface area contributed by atoms with Crippen LogP contribution in [0.5, 0.6) is 0 Å². The minimum Gasteiger partial charge on any atom is -0.465 e. The van der Waals surface area contributed by atoms with Crippen molar-refractivity contribution in [2.45, 2.75) is 19.8 Å². The maximum absolute atomic E-state index is 13.3. The molecule has 1 aliphatic rings. The molecule has 1 atom stereocenters. The quantitative estimate of drug-likeness (QED) is 0.622. The first-order valence-corrected chi connectivity index (χ1v) is 10.8. The van der Waals surface area contributed by atoms with E-state index in [-0.39, 0.29) is 17.7 Å². The number of hydrogen-bond acceptors (Lipinski definition) is 4. The summed E-state index contributed by atoms with van der Waals surface area (Å²) in [7, 11) is 1.31. The van der Waals surface area contributed by atoms with E-state index in [2.05, 4.69) is 5.32 Å². The lowest BCUT2D eigenvalue weighted by atomic mass is 9.95. The second-order valence-electron chi connectivity index (χ2n) is 8.10. The number of benzene rings is 3. The largest absolute Gasteiger partial charge is 0.465 e. The number of para-hydroxylation sites is 1. The molecule has 0 aromatic heterocycles. The Morgan fingerprint density at radius 3 is 2.50 bits per heavy atom. The number of methoxy groups -OCH3 is 1. The Labute approximate surface area is 187 Å². The van der Waals surface area contributed by atoms with Crippen LogP contribution in [-0.4, -0.2) is 42.9 Å². The van der Waals surface area contributed by atoms with Crippen molar-refractivity contribution in [3.63, 3.8) is 0 Å². The Morgan fingerprint density at radius 1 is 0.969 bits per heavy atom. The number of esters is 1. The summed E-state index contributed by atoms with van der Waals surface area (Å²) in [5, 5.41) is 4.84. The maximum Gasteiger partial charge on any atom is 0.339 e. The lowest BCUT2D eigenvalue weighted by Gasteiger charge is -2.32. The lowest BCUT2D eigenvalue weighted by Crippen LogP contribution is -2.44. The monoisotopic (exact) mass is 430 g/mol. The molecule has 0 radical (unpaired) electrons. The molecule has 0 saturated carbocycles. The number of piperidine rings is 1. The first-order chi connectivity index (χ1) is 15.5. The number of amides is 2. The highest BCUT2D eigenvalue weighted by atomic mass is 16.5. The van der Waals surface area contributed by atoms with E-state index in [0.29, 0.717) is 36.3 Å². The summed E-state index contributed by atoms with van der Waals surface area (Å²) in [5.74, 6) is -1.11. The van der Waals surface area contributed by atoms with E-state index in [0.717, 1.165) is 22.8 Å². The van der Waals surface area contributed by atoms with Crippen LogP contribution in [0.25, 0.3) is 10.8 Å². The third-order valence-electron chi connectivity index (χ3n) is 6.03. The van der Waals surface area contributed by atoms with Crippen molar-refractivity contribution in [2.24, 2.45) is 5.92 Å². The number of likely N-dealkylation sites (tertiary alicyclic amines) is 1. The van der Waals surface area contributed by atoms with Gasteiger partial charge in [0.05, 0.1) is 24.3 Å². The van der Waals surface area contributed by atoms with E-state index in [1.165, 1.54) is 7.11 Å². The molecule has 0 spiro atoms. The maximum atomic E-state index is 13.3. The van der Waals surface area contributed by atoms with Crippen LogP contribution in [0.1, 0.15) is 39.1 Å². The fourth-order valence-corrected chi connectivity index (χ4v) is 4.30. The fraction of sp³-hybridized carbons (Fsp3) is 0.269. The number of nitrogens with zero attached hydrogens (tertiary/aromatic N) is 1. The van der Waals surface area contributed by atoms with E-state index in [4.69, 9.17) is 4.74 Å². The van der Waals surface area contributed by atoms with Crippen LogP contribution in [-0.2, 0) is 9.53 Å². The van der Waals surface area contributed by atoms with E-state index < -0.39 is 5.97 Å². The summed E-state index contributed by atoms with van der Waals surface area (Å²) in [4.78, 5) is 40.3. The first kappa shape index (κ1) is 21.6. The molecule has 0 bridgehead atoms. The van der Waals surface area contributed by atoms with Gasteiger partial charge in [0.2, 0.25) is 5.91 Å². The Bertz CT molecular complexity index is 1180. The number of fused-ring (bicyclic) bond motifs is 1. The van der Waals surface area contributed by atoms with Crippen LogP contribution in [0.3, 0.4) is 0 Å². The number of carbonyl (C=O) groups excluding carboxylic acids is 3. The molecule has 32 heavy (non-hydrogen) atoms. The smallest absolute Gasteiger partial charge is 0.339 e. The summed E-state index contributed by atoms with van der Waals surface area (Å²) in [6, 6.07) is 18.7. The van der Waals surface area contributed by atoms with Crippen LogP contribution in [0.2, 0.25) is 0 Å². The fourth-order valence-electron chi connectivity index (χ4n) is 4.30. The molecule has 1 unspecified atom stereocenters. The van der Waals surface area contributed by atoms with Crippen molar-refractivity contribution in [3.8, 4) is 0 Å². The summed E-state index contributed by atoms with van der Waals surface area (Å²) in [6.07, 6.45) is 1.43. The summed E-state index contributed by atoms with van der Waals surface area (Å²) in [6.45, 7) is 2.79. The molecule has 1 fully saturated rings. The third kappa shape index (κ3) is 4.21. The number of hydrogen-bond donors (Lipinski definition) is 1. The van der Waals surface area contributed by atoms with E-state index in [1.54, 1.807) is 17.0 Å². The molecule has 1 heterocycles. The Morgan fingerprint density at radius 2 is 1.69 bits per heavy atom. The van der Waals surface area contributed by atoms with Crippen molar-refractivity contribution in [1.29, 1.82) is 0 Å². The minimum atomic E-state index is -0.500. The Hall–Kier alpha value is -3.67. The van der Waals surface area contributed by atoms with Crippen molar-refractivity contribution in [2.75, 3.05) is 25.5 Å². The number of aryl methyl sites for hydroxylation is 1. The zero-order chi connectivity index (χ0) is 22.7. The van der Waals surface area contributed by atoms with Crippen LogP contribution >= 0.6 is 0 Å². The second-order valence-corrected chi connectivity index (χ2v) is 8.10. The minimum absolute atomic E-state index is 0.0644. The average molecular weight is 431 g/mol. The highest BCUT2D eigenvalue weighted by Crippen LogP contribution is 2.26. The molecule has 1 N–H and O–H groups in total. The highest BCUT2D eigenvalue weighted by Gasteiger charge is 2.30. The van der Waals surface area contributed by atoms with Crippen LogP contribution in [0, 0.1) is 12.8 Å². The van der Waals surface area contributed by atoms with Gasteiger partial charge < -0.3 is 15.0 Å². The molecule has 4 rings (SSSR count). The van der Waals surface area contributed by atoms with Gasteiger partial charge in [0.25, 0.3) is 5.91 Å². The molecule has 2 amide bonds. The number of carbonyl (C=O) groups is 3. The SMILES string of the molecule is COC(=O)c1cccc(C)c1NC(=O)C1CCCN(C(=O)c2cccc3ccccc23)C1. The van der Waals surface area contributed by atoms with E-state index >= 15 is 0 Å². The molecule has 6 nitrogen and oxygen atoms in total. The van der Waals surface area contributed by atoms with Crippen molar-refractivity contribution < 1.29 is 19.1 Å². The van der Waals surface area contributed by atoms with Gasteiger partial charge >= 0.3 is 5.97 Å². The predicted molar refractivity (Wildman–Crippen MR) is 124 cm³/mol. The van der Waals surface area contributed by atoms with Crippen molar-refractivity contribution in [3.05, 3.63) is 77.4 Å². The molecule has 6 heteroatoms. The normalized spacial score (nSPS) is 15.9. The Balaban J connectivity index is 1.53. The lowest BCUT2D eigenvalue weighted by molar-refractivity contribution is -0.121. The van der Waals surface area contributed by atoms with Crippen molar-refractivity contribution >= 4 is 34.2 Å². The molecule has 1 saturated heterocycles. The zero-order valence-corrected chi connectivity index (χ0v) is 18.3. The topological polar surface area (TPSA) is 75.7 Å². The summed E-state index contributed by atoms with van der Waals surface area (Å²) >= 11 is 0. The molecule has 3 aromatic rings. The van der Waals surface area contributed by atoms with Crippen LogP contribution in [0.4, 0.5) is 5.69 Å². The van der Waals surface area contributed by atoms with Gasteiger partial charge in [0.15, 0.2) is 0 Å². The number of nitrogens with one attached hydrogen (secondary N) is 1. The molecular formula is C26H26N2O4. The molecule has 0 aliphatic carbocycles. The Kier molecular flexibility index (Phi) is 6.21. The number of ether oxygens (including phenoxy) is 1. The van der Waals surface area contributed by atoms with E-state index in [9.17, 15) is 14.4 Å². The van der Waals surface area contributed by atoms with Gasteiger partial charge in [-0.25, -0.2) is 4.79 Å². The van der Waals surface area contributed by atoms with Crippen LogP contribution < -0.4 is 5.32 Å². The molecule has 3 aromatic carbocycles. The molecular weight excluding hydrogens is 404 g/mol. The van der Waals surface area contributed by atoms with Gasteiger partial charge in [-0.3, -0.25) is 9.59 Å². The van der Waals surface area contributed by atoms with Crippen LogP contribution in [0.15, 0.2) is 60.7 Å². The summed E-state index contributed by atoms with van der Waals surface area (Å²) < 4.78 is 4.85. The predicted octanol–water partition coefficient (Wildman–Crippen LogP) is 4.43. The molecule has 1 aliphatic heterocycles. The van der Waals surface area contributed by atoms with E-state index in [1.807, 2.05) is 55.5 Å². The standard InChI is InChI=1S/C26H26N2O4/c1-17-8-5-14-22(26(31)32-2)23(17)27-24(29)19-11-7-15-28(16-19)25(30)21-13-6-10-18-9-3-4-12-20(18)21/h3-6,8-10,12-14,19H,7,11,15-16H2,1-2H3,(H,27,29). The molecule has 164 valence electrons. The average Bonchev–Trinajstić information content (AvgIpc) is 2.84. The van der Waals surface area contributed by atoms with Crippen molar-refractivity contribution in [1.82, 2.24) is 4.90 Å². The zero-order valence-electron chi connectivity index (χ0n) is 18.3. The number of rotatable bonds is 4. The van der Waals surface area contributed by atoms with Gasteiger partial charge in [-0.05, 0) is 48.2 Å². The third-order valence-corrected chi connectivity index (χ3v) is 6.03. The summed E-state index contributed by atoms with van der Waals surface area (Å²) in [5.41, 5.74) is 2.21. The van der Waals surface area contributed by atoms with Gasteiger partial charge in [0, 0.05) is 18.7 Å². The van der Waals surface area contributed by atoms with Gasteiger partial charge in [0.1, 0.15) is 0 Å². The van der Waals surface area contributed by atoms with Gasteiger partial charge in [-0.1, -0.05) is 48.5 Å². The highest BCUT2D eigenvalue weighted by molar-refractivity contribution is 6.07. The first-order valence-electron chi connectivity index (χ1n) is 10.8. The number of anilines is 1. The second kappa shape index (κ2) is 9.22.